The van der Waals surface area contributed by atoms with Crippen LogP contribution >= 0.6 is 0 Å². The molecule has 0 aliphatic rings. The molecule has 2 rings (SSSR count). The molecule has 6 nitrogen and oxygen atoms in total. The monoisotopic (exact) mass is 231 g/mol. The zero-order chi connectivity index (χ0) is 12.3. The molecule has 1 aromatic heterocycles. The molecule has 0 aliphatic carbocycles. The fourth-order valence-corrected chi connectivity index (χ4v) is 1.58. The molecule has 1 amide bonds. The third-order valence-electron chi connectivity index (χ3n) is 2.38. The number of nitrogens with two attached hydrogens (primary N) is 2. The average Bonchev–Trinajstić information content (AvgIpc) is 2.77. The van der Waals surface area contributed by atoms with Crippen LogP contribution in [0.4, 0.5) is 0 Å². The van der Waals surface area contributed by atoms with E-state index in [0.29, 0.717) is 24.5 Å². The van der Waals surface area contributed by atoms with Gasteiger partial charge in [-0.2, -0.15) is 5.10 Å². The normalized spacial score (nSPS) is 10.4. The number of aromatic nitrogens is 3. The summed E-state index contributed by atoms with van der Waals surface area (Å²) in [5.74, 6) is 0.126. The van der Waals surface area contributed by atoms with Gasteiger partial charge in [-0.25, -0.2) is 9.67 Å². The van der Waals surface area contributed by atoms with Crippen LogP contribution in [-0.2, 0) is 13.1 Å². The summed E-state index contributed by atoms with van der Waals surface area (Å²) >= 11 is 0. The summed E-state index contributed by atoms with van der Waals surface area (Å²) in [4.78, 5) is 15.2. The lowest BCUT2D eigenvalue weighted by Gasteiger charge is -2.05. The highest BCUT2D eigenvalue weighted by Crippen LogP contribution is 2.09. The van der Waals surface area contributed by atoms with E-state index in [4.69, 9.17) is 11.5 Å². The molecule has 0 saturated carbocycles. The summed E-state index contributed by atoms with van der Waals surface area (Å²) in [6.07, 6.45) is 1.58. The molecular formula is C11H13N5O. The summed E-state index contributed by atoms with van der Waals surface area (Å²) in [7, 11) is 0. The van der Waals surface area contributed by atoms with Crippen LogP contribution in [-0.4, -0.2) is 20.7 Å². The number of primary amides is 1. The minimum absolute atomic E-state index is 0.296. The molecule has 2 aromatic rings. The first-order chi connectivity index (χ1) is 8.20. The second-order valence-electron chi connectivity index (χ2n) is 3.58. The predicted octanol–water partition coefficient (Wildman–Crippen LogP) is -0.116. The largest absolute Gasteiger partial charge is 0.366 e. The number of carbonyl (C=O) groups is 1. The van der Waals surface area contributed by atoms with Crippen LogP contribution in [0, 0.1) is 0 Å². The standard InChI is InChI=1S/C11H13N5O/c12-5-10-14-7-16(15-10)6-8-3-1-2-4-9(8)11(13)17/h1-4,7H,5-6,12H2,(H2,13,17). The average molecular weight is 231 g/mol. The Balaban J connectivity index is 2.26. The Labute approximate surface area is 98.3 Å². The van der Waals surface area contributed by atoms with Gasteiger partial charge in [0.15, 0.2) is 5.82 Å². The smallest absolute Gasteiger partial charge is 0.249 e. The van der Waals surface area contributed by atoms with E-state index in [1.165, 1.54) is 0 Å². The van der Waals surface area contributed by atoms with Crippen LogP contribution in [0.2, 0.25) is 0 Å². The number of hydrogen-bond donors (Lipinski definition) is 2. The second-order valence-corrected chi connectivity index (χ2v) is 3.58. The number of nitrogens with zero attached hydrogens (tertiary/aromatic N) is 3. The minimum atomic E-state index is -0.445. The van der Waals surface area contributed by atoms with Crippen LogP contribution in [0.15, 0.2) is 30.6 Å². The molecule has 1 aromatic carbocycles. The van der Waals surface area contributed by atoms with E-state index in [1.807, 2.05) is 12.1 Å². The first kappa shape index (κ1) is 11.3. The van der Waals surface area contributed by atoms with Gasteiger partial charge >= 0.3 is 0 Å². The van der Waals surface area contributed by atoms with Crippen LogP contribution in [0.25, 0.3) is 0 Å². The lowest BCUT2D eigenvalue weighted by Crippen LogP contribution is -2.15. The highest BCUT2D eigenvalue weighted by Gasteiger charge is 2.08. The van der Waals surface area contributed by atoms with Crippen molar-refractivity contribution >= 4 is 5.91 Å². The van der Waals surface area contributed by atoms with Crippen LogP contribution < -0.4 is 11.5 Å². The van der Waals surface area contributed by atoms with E-state index in [9.17, 15) is 4.79 Å². The Hall–Kier alpha value is -2.21. The Morgan fingerprint density at radius 3 is 2.76 bits per heavy atom. The summed E-state index contributed by atoms with van der Waals surface area (Å²) in [5.41, 5.74) is 12.0. The fraction of sp³-hybridized carbons (Fsp3) is 0.182. The van der Waals surface area contributed by atoms with Crippen molar-refractivity contribution in [2.24, 2.45) is 11.5 Å². The van der Waals surface area contributed by atoms with Crippen molar-refractivity contribution in [2.45, 2.75) is 13.1 Å². The van der Waals surface area contributed by atoms with Crippen molar-refractivity contribution in [3.8, 4) is 0 Å². The molecule has 4 N–H and O–H groups in total. The van der Waals surface area contributed by atoms with Gasteiger partial charge in [-0.1, -0.05) is 18.2 Å². The van der Waals surface area contributed by atoms with Crippen LogP contribution in [0.5, 0.6) is 0 Å². The lowest BCUT2D eigenvalue weighted by atomic mass is 10.1. The van der Waals surface area contributed by atoms with Gasteiger partial charge in [0, 0.05) is 5.56 Å². The number of benzene rings is 1. The molecular weight excluding hydrogens is 218 g/mol. The highest BCUT2D eigenvalue weighted by atomic mass is 16.1. The molecule has 0 atom stereocenters. The zero-order valence-corrected chi connectivity index (χ0v) is 9.21. The summed E-state index contributed by atoms with van der Waals surface area (Å²) in [6.45, 7) is 0.747. The number of hydrogen-bond acceptors (Lipinski definition) is 4. The predicted molar refractivity (Wildman–Crippen MR) is 62.0 cm³/mol. The van der Waals surface area contributed by atoms with E-state index in [2.05, 4.69) is 10.1 Å². The molecule has 88 valence electrons. The van der Waals surface area contributed by atoms with Crippen molar-refractivity contribution in [1.82, 2.24) is 14.8 Å². The summed E-state index contributed by atoms with van der Waals surface area (Å²) in [6, 6.07) is 7.15. The fourth-order valence-electron chi connectivity index (χ4n) is 1.58. The first-order valence-corrected chi connectivity index (χ1v) is 5.17. The Morgan fingerprint density at radius 2 is 2.12 bits per heavy atom. The van der Waals surface area contributed by atoms with Gasteiger partial charge in [0.2, 0.25) is 5.91 Å². The molecule has 0 aliphatic heterocycles. The van der Waals surface area contributed by atoms with E-state index in [1.54, 1.807) is 23.1 Å². The van der Waals surface area contributed by atoms with Crippen molar-refractivity contribution < 1.29 is 4.79 Å². The van der Waals surface area contributed by atoms with Crippen molar-refractivity contribution in [3.05, 3.63) is 47.5 Å². The van der Waals surface area contributed by atoms with Gasteiger partial charge in [-0.15, -0.1) is 0 Å². The molecule has 0 bridgehead atoms. The molecule has 1 heterocycles. The van der Waals surface area contributed by atoms with Crippen LogP contribution in [0.1, 0.15) is 21.7 Å². The maximum atomic E-state index is 11.2. The van der Waals surface area contributed by atoms with Gasteiger partial charge in [-0.05, 0) is 11.6 Å². The molecule has 0 radical (unpaired) electrons. The Kier molecular flexibility index (Phi) is 3.15. The quantitative estimate of drug-likeness (QED) is 0.766. The third-order valence-corrected chi connectivity index (χ3v) is 2.38. The first-order valence-electron chi connectivity index (χ1n) is 5.17. The maximum Gasteiger partial charge on any atom is 0.249 e. The SMILES string of the molecule is NCc1ncn(Cc2ccccc2C(N)=O)n1. The van der Waals surface area contributed by atoms with Gasteiger partial charge in [0.05, 0.1) is 13.1 Å². The van der Waals surface area contributed by atoms with Gasteiger partial charge in [-0.3, -0.25) is 4.79 Å². The van der Waals surface area contributed by atoms with E-state index < -0.39 is 5.91 Å². The summed E-state index contributed by atoms with van der Waals surface area (Å²) < 4.78 is 1.63. The topological polar surface area (TPSA) is 99.8 Å². The highest BCUT2D eigenvalue weighted by molar-refractivity contribution is 5.94. The van der Waals surface area contributed by atoms with Gasteiger partial charge in [0.25, 0.3) is 0 Å². The van der Waals surface area contributed by atoms with E-state index >= 15 is 0 Å². The van der Waals surface area contributed by atoms with Crippen LogP contribution in [0.3, 0.4) is 0 Å². The molecule has 0 spiro atoms. The Bertz CT molecular complexity index is 534. The van der Waals surface area contributed by atoms with Gasteiger partial charge in [0.1, 0.15) is 6.33 Å². The number of amides is 1. The third kappa shape index (κ3) is 2.48. The van der Waals surface area contributed by atoms with E-state index in [-0.39, 0.29) is 0 Å². The molecule has 0 fully saturated rings. The van der Waals surface area contributed by atoms with E-state index in [0.717, 1.165) is 5.56 Å². The van der Waals surface area contributed by atoms with Crippen molar-refractivity contribution in [1.29, 1.82) is 0 Å². The number of rotatable bonds is 4. The molecule has 17 heavy (non-hydrogen) atoms. The van der Waals surface area contributed by atoms with Gasteiger partial charge < -0.3 is 11.5 Å². The molecule has 0 unspecified atom stereocenters. The zero-order valence-electron chi connectivity index (χ0n) is 9.21. The second kappa shape index (κ2) is 4.75. The molecule has 6 heteroatoms. The maximum absolute atomic E-state index is 11.2. The van der Waals surface area contributed by atoms with Crippen molar-refractivity contribution in [2.75, 3.05) is 0 Å². The minimum Gasteiger partial charge on any atom is -0.366 e. The molecule has 0 saturated heterocycles. The van der Waals surface area contributed by atoms with Crippen molar-refractivity contribution in [3.63, 3.8) is 0 Å². The number of carbonyl (C=O) groups excluding carboxylic acids is 1. The summed E-state index contributed by atoms with van der Waals surface area (Å²) in [5, 5.41) is 4.15. The lowest BCUT2D eigenvalue weighted by molar-refractivity contribution is 0.0999. The Morgan fingerprint density at radius 1 is 1.35 bits per heavy atom.